The Kier molecular flexibility index (Phi) is 10.3. The summed E-state index contributed by atoms with van der Waals surface area (Å²) in [5, 5.41) is 0. The molecule has 0 aliphatic heterocycles. The maximum Gasteiger partial charge on any atom is 0.261 e. The minimum Gasteiger partial charge on any atom is -0.383 e. The summed E-state index contributed by atoms with van der Waals surface area (Å²) in [6.45, 7) is 5.32. The lowest BCUT2D eigenvalue weighted by molar-refractivity contribution is -0.246. The highest BCUT2D eigenvalue weighted by molar-refractivity contribution is 5.97. The molecule has 0 aliphatic carbocycles. The van der Waals surface area contributed by atoms with E-state index < -0.39 is 6.48 Å². The quantitative estimate of drug-likeness (QED) is 0.322. The third kappa shape index (κ3) is 8.43. The van der Waals surface area contributed by atoms with Crippen LogP contribution in [0.25, 0.3) is 0 Å². The zero-order chi connectivity index (χ0) is 9.94. The van der Waals surface area contributed by atoms with Gasteiger partial charge < -0.3 is 13.9 Å². The van der Waals surface area contributed by atoms with Crippen molar-refractivity contribution in [2.45, 2.75) is 46.0 Å². The van der Waals surface area contributed by atoms with Crippen LogP contribution in [-0.4, -0.2) is 30.2 Å². The number of unbranched alkanes of at least 4 members (excludes halogenated alkanes) is 2. The van der Waals surface area contributed by atoms with Gasteiger partial charge in [-0.1, -0.05) is 26.7 Å². The van der Waals surface area contributed by atoms with Gasteiger partial charge in [0.2, 0.25) is 0 Å². The van der Waals surface area contributed by atoms with Crippen LogP contribution in [0.15, 0.2) is 0 Å². The van der Waals surface area contributed by atoms with E-state index in [4.69, 9.17) is 13.9 Å². The highest BCUT2D eigenvalue weighted by atomic mass is 28.2. The second-order valence-electron chi connectivity index (χ2n) is 2.97. The van der Waals surface area contributed by atoms with Gasteiger partial charge in [0.05, 0.1) is 13.2 Å². The minimum absolute atomic E-state index is 0.412. The second kappa shape index (κ2) is 10.2. The molecular weight excluding hydrogens is 184 g/mol. The largest absolute Gasteiger partial charge is 0.383 e. The topological polar surface area (TPSA) is 27.7 Å². The van der Waals surface area contributed by atoms with Gasteiger partial charge in [0.25, 0.3) is 6.48 Å². The highest BCUT2D eigenvalue weighted by Gasteiger charge is 2.05. The maximum absolute atomic E-state index is 5.37. The van der Waals surface area contributed by atoms with Crippen molar-refractivity contribution in [2.24, 2.45) is 0 Å². The Balaban J connectivity index is 3.28. The van der Waals surface area contributed by atoms with Gasteiger partial charge in [-0.2, -0.15) is 0 Å². The van der Waals surface area contributed by atoms with E-state index in [-0.39, 0.29) is 0 Å². The molecule has 4 heteroatoms. The molecule has 0 spiro atoms. The first kappa shape index (κ1) is 13.1. The molecule has 0 rings (SSSR count). The monoisotopic (exact) mass is 206 g/mol. The average Bonchev–Trinajstić information content (AvgIpc) is 2.16. The molecule has 0 saturated heterocycles. The van der Waals surface area contributed by atoms with Crippen LogP contribution in [0.4, 0.5) is 0 Å². The fraction of sp³-hybridized carbons (Fsp3) is 1.00. The van der Waals surface area contributed by atoms with E-state index in [1.807, 2.05) is 0 Å². The van der Waals surface area contributed by atoms with Crippen LogP contribution in [0.5, 0.6) is 0 Å². The number of hydrogen-bond acceptors (Lipinski definition) is 3. The Bertz CT molecular complexity index is 90.9. The summed E-state index contributed by atoms with van der Waals surface area (Å²) in [5.74, 6) is 0. The Morgan fingerprint density at radius 2 is 1.46 bits per heavy atom. The summed E-state index contributed by atoms with van der Waals surface area (Å²) in [6, 6.07) is 0. The summed E-state index contributed by atoms with van der Waals surface area (Å²) in [7, 11) is 0.659. The molecule has 80 valence electrons. The molecule has 0 N–H and O–H groups in total. The molecule has 0 amide bonds. The van der Waals surface area contributed by atoms with Crippen LogP contribution < -0.4 is 0 Å². The van der Waals surface area contributed by atoms with Crippen molar-refractivity contribution < 1.29 is 13.9 Å². The molecule has 13 heavy (non-hydrogen) atoms. The zero-order valence-electron chi connectivity index (χ0n) is 9.04. The van der Waals surface area contributed by atoms with E-state index in [0.29, 0.717) is 10.5 Å². The van der Waals surface area contributed by atoms with Crippen LogP contribution in [-0.2, 0) is 13.9 Å². The van der Waals surface area contributed by atoms with Gasteiger partial charge >= 0.3 is 0 Å². The Morgan fingerprint density at radius 1 is 1.00 bits per heavy atom. The van der Waals surface area contributed by atoms with Gasteiger partial charge in [-0.25, -0.2) is 0 Å². The first-order valence-electron chi connectivity index (χ1n) is 5.11. The molecule has 0 aromatic heterocycles. The number of hydrogen-bond donors (Lipinski definition) is 0. The third-order valence-corrected chi connectivity index (χ3v) is 2.08. The van der Waals surface area contributed by atoms with E-state index in [1.54, 1.807) is 0 Å². The van der Waals surface area contributed by atoms with Crippen molar-refractivity contribution >= 4 is 10.5 Å². The van der Waals surface area contributed by atoms with Gasteiger partial charge in [-0.15, -0.1) is 0 Å². The molecule has 0 fully saturated rings. The summed E-state index contributed by atoms with van der Waals surface area (Å²) < 4.78 is 15.9. The van der Waals surface area contributed by atoms with Crippen LogP contribution in [0.1, 0.15) is 39.5 Å². The normalized spacial score (nSPS) is 11.3. The van der Waals surface area contributed by atoms with Crippen LogP contribution in [0, 0.1) is 0 Å². The summed E-state index contributed by atoms with van der Waals surface area (Å²) in [4.78, 5) is 0. The molecule has 0 radical (unpaired) electrons. The van der Waals surface area contributed by atoms with Gasteiger partial charge in [-0.05, 0) is 12.8 Å². The Labute approximate surface area is 84.3 Å². The predicted octanol–water partition coefficient (Wildman–Crippen LogP) is 1.20. The molecule has 0 atom stereocenters. The van der Waals surface area contributed by atoms with E-state index in [2.05, 4.69) is 13.8 Å². The summed E-state index contributed by atoms with van der Waals surface area (Å²) in [5.41, 5.74) is 0. The van der Waals surface area contributed by atoms with E-state index >= 15 is 0 Å². The standard InChI is InChI=1S/C9H22O3Si/c1-3-5-7-10-9(12-13)11-8-6-4-2/h9H,3-8H2,1-2,13H3. The van der Waals surface area contributed by atoms with Gasteiger partial charge in [0.15, 0.2) is 10.5 Å². The summed E-state index contributed by atoms with van der Waals surface area (Å²) >= 11 is 0. The van der Waals surface area contributed by atoms with Crippen molar-refractivity contribution in [1.29, 1.82) is 0 Å². The van der Waals surface area contributed by atoms with Gasteiger partial charge in [0.1, 0.15) is 0 Å². The molecule has 3 nitrogen and oxygen atoms in total. The van der Waals surface area contributed by atoms with Crippen LogP contribution >= 0.6 is 0 Å². The number of ether oxygens (including phenoxy) is 2. The molecular formula is C9H22O3Si. The van der Waals surface area contributed by atoms with Crippen molar-refractivity contribution in [3.8, 4) is 0 Å². The van der Waals surface area contributed by atoms with Crippen molar-refractivity contribution in [3.63, 3.8) is 0 Å². The number of rotatable bonds is 9. The highest BCUT2D eigenvalue weighted by Crippen LogP contribution is 2.00. The van der Waals surface area contributed by atoms with Crippen molar-refractivity contribution in [1.82, 2.24) is 0 Å². The molecule has 0 bridgehead atoms. The fourth-order valence-electron chi connectivity index (χ4n) is 0.832. The molecule has 0 aromatic rings. The zero-order valence-corrected chi connectivity index (χ0v) is 11.0. The van der Waals surface area contributed by atoms with E-state index in [0.717, 1.165) is 38.9 Å². The molecule has 0 aromatic carbocycles. The SMILES string of the molecule is CCCCOC(O[SiH3])OCCCC. The average molecular weight is 206 g/mol. The predicted molar refractivity (Wildman–Crippen MR) is 56.5 cm³/mol. The molecule has 0 saturated carbocycles. The van der Waals surface area contributed by atoms with E-state index in [9.17, 15) is 0 Å². The molecule has 0 heterocycles. The lowest BCUT2D eigenvalue weighted by atomic mass is 10.4. The maximum atomic E-state index is 5.37. The minimum atomic E-state index is -0.412. The first-order valence-corrected chi connectivity index (χ1v) is 5.92. The van der Waals surface area contributed by atoms with Gasteiger partial charge in [-0.3, -0.25) is 0 Å². The lowest BCUT2D eigenvalue weighted by Gasteiger charge is -2.16. The second-order valence-corrected chi connectivity index (χ2v) is 3.44. The van der Waals surface area contributed by atoms with Crippen LogP contribution in [0.2, 0.25) is 0 Å². The Hall–Kier alpha value is 0.0969. The first-order chi connectivity index (χ1) is 6.35. The molecule has 0 aliphatic rings. The Morgan fingerprint density at radius 3 is 1.77 bits per heavy atom. The van der Waals surface area contributed by atoms with Crippen molar-refractivity contribution in [3.05, 3.63) is 0 Å². The van der Waals surface area contributed by atoms with Crippen LogP contribution in [0.3, 0.4) is 0 Å². The van der Waals surface area contributed by atoms with Gasteiger partial charge in [0, 0.05) is 0 Å². The summed E-state index contributed by atoms with van der Waals surface area (Å²) in [6.07, 6.45) is 4.42. The lowest BCUT2D eigenvalue weighted by Crippen LogP contribution is -2.21. The smallest absolute Gasteiger partial charge is 0.261 e. The third-order valence-electron chi connectivity index (χ3n) is 1.70. The molecule has 0 unspecified atom stereocenters. The van der Waals surface area contributed by atoms with E-state index in [1.165, 1.54) is 0 Å². The van der Waals surface area contributed by atoms with Crippen molar-refractivity contribution in [2.75, 3.05) is 13.2 Å². The fourth-order valence-corrected chi connectivity index (χ4v) is 1.10.